The monoisotopic (exact) mass is 356 g/mol. The molecule has 0 saturated heterocycles. The SMILES string of the molecule is CC(C)c1[nH]nc2c1[C@H](c1ccc(-c3ccccc3)cc1)C(C#N)=C(N)O2. The van der Waals surface area contributed by atoms with E-state index in [4.69, 9.17) is 10.5 Å². The molecule has 134 valence electrons. The van der Waals surface area contributed by atoms with Gasteiger partial charge >= 0.3 is 0 Å². The van der Waals surface area contributed by atoms with Gasteiger partial charge in [-0.05, 0) is 22.6 Å². The molecule has 0 bridgehead atoms. The minimum atomic E-state index is -0.292. The van der Waals surface area contributed by atoms with Crippen molar-refractivity contribution in [3.05, 3.63) is 82.9 Å². The van der Waals surface area contributed by atoms with Crippen molar-refractivity contribution in [1.29, 1.82) is 5.26 Å². The predicted molar refractivity (Wildman–Crippen MR) is 104 cm³/mol. The van der Waals surface area contributed by atoms with Crippen molar-refractivity contribution < 1.29 is 4.74 Å². The van der Waals surface area contributed by atoms with Crippen LogP contribution in [0.1, 0.15) is 42.5 Å². The van der Waals surface area contributed by atoms with E-state index in [0.717, 1.165) is 27.9 Å². The molecule has 0 saturated carbocycles. The zero-order chi connectivity index (χ0) is 19.0. The molecule has 1 aromatic heterocycles. The highest BCUT2D eigenvalue weighted by Crippen LogP contribution is 2.44. The molecule has 0 fully saturated rings. The van der Waals surface area contributed by atoms with Gasteiger partial charge in [-0.1, -0.05) is 68.4 Å². The fraction of sp³-hybridized carbons (Fsp3) is 0.182. The summed E-state index contributed by atoms with van der Waals surface area (Å²) >= 11 is 0. The number of hydrogen-bond donors (Lipinski definition) is 2. The highest BCUT2D eigenvalue weighted by molar-refractivity contribution is 5.65. The summed E-state index contributed by atoms with van der Waals surface area (Å²) in [6, 6.07) is 20.7. The summed E-state index contributed by atoms with van der Waals surface area (Å²) in [6.07, 6.45) is 0. The zero-order valence-electron chi connectivity index (χ0n) is 15.2. The van der Waals surface area contributed by atoms with Crippen molar-refractivity contribution in [2.75, 3.05) is 0 Å². The molecule has 27 heavy (non-hydrogen) atoms. The lowest BCUT2D eigenvalue weighted by Crippen LogP contribution is -2.21. The van der Waals surface area contributed by atoms with Crippen LogP contribution in [0.15, 0.2) is 66.1 Å². The summed E-state index contributed by atoms with van der Waals surface area (Å²) in [5, 5.41) is 17.0. The second-order valence-electron chi connectivity index (χ2n) is 6.92. The van der Waals surface area contributed by atoms with Crippen molar-refractivity contribution in [3.63, 3.8) is 0 Å². The maximum Gasteiger partial charge on any atom is 0.244 e. The lowest BCUT2D eigenvalue weighted by Gasteiger charge is -2.25. The van der Waals surface area contributed by atoms with Gasteiger partial charge < -0.3 is 10.5 Å². The van der Waals surface area contributed by atoms with Gasteiger partial charge in [-0.25, -0.2) is 0 Å². The number of fused-ring (bicyclic) bond motifs is 1. The minimum Gasteiger partial charge on any atom is -0.420 e. The van der Waals surface area contributed by atoms with Crippen LogP contribution in [0.5, 0.6) is 5.88 Å². The molecule has 5 nitrogen and oxygen atoms in total. The Balaban J connectivity index is 1.82. The first-order chi connectivity index (χ1) is 13.1. The number of nitrogens with two attached hydrogens (primary N) is 1. The predicted octanol–water partition coefficient (Wildman–Crippen LogP) is 4.42. The lowest BCUT2D eigenvalue weighted by molar-refractivity contribution is 0.378. The van der Waals surface area contributed by atoms with E-state index in [1.165, 1.54) is 0 Å². The molecule has 3 aromatic rings. The molecule has 4 rings (SSSR count). The van der Waals surface area contributed by atoms with Crippen LogP contribution in [0.2, 0.25) is 0 Å². The number of ether oxygens (including phenoxy) is 1. The largest absolute Gasteiger partial charge is 0.420 e. The molecule has 2 aromatic carbocycles. The Kier molecular flexibility index (Phi) is 4.17. The second-order valence-corrected chi connectivity index (χ2v) is 6.92. The number of aromatic amines is 1. The summed E-state index contributed by atoms with van der Waals surface area (Å²) < 4.78 is 5.60. The summed E-state index contributed by atoms with van der Waals surface area (Å²) in [7, 11) is 0. The first kappa shape index (κ1) is 16.9. The van der Waals surface area contributed by atoms with Crippen LogP contribution in [0.4, 0.5) is 0 Å². The first-order valence-corrected chi connectivity index (χ1v) is 8.91. The van der Waals surface area contributed by atoms with Crippen molar-refractivity contribution >= 4 is 0 Å². The zero-order valence-corrected chi connectivity index (χ0v) is 15.2. The highest BCUT2D eigenvalue weighted by atomic mass is 16.5. The van der Waals surface area contributed by atoms with E-state index >= 15 is 0 Å². The molecular weight excluding hydrogens is 336 g/mol. The lowest BCUT2D eigenvalue weighted by atomic mass is 9.82. The molecule has 3 N–H and O–H groups in total. The average molecular weight is 356 g/mol. The van der Waals surface area contributed by atoms with Gasteiger partial charge in [0.25, 0.3) is 0 Å². The molecule has 0 amide bonds. The van der Waals surface area contributed by atoms with E-state index in [0.29, 0.717) is 11.5 Å². The minimum absolute atomic E-state index is 0.115. The number of hydrogen-bond acceptors (Lipinski definition) is 4. The van der Waals surface area contributed by atoms with E-state index in [2.05, 4.69) is 54.4 Å². The van der Waals surface area contributed by atoms with Crippen LogP contribution < -0.4 is 10.5 Å². The number of H-pyrrole nitrogens is 1. The molecule has 1 atom stereocenters. The number of benzene rings is 2. The standard InChI is InChI=1S/C22H20N4O/c1-13(2)20-19-18(17(12-23)21(24)27-22(19)26-25-20)16-10-8-15(9-11-16)14-6-4-3-5-7-14/h3-11,13,18H,24H2,1-2H3,(H,25,26)/t18-/m1/s1. The van der Waals surface area contributed by atoms with Crippen molar-refractivity contribution in [2.45, 2.75) is 25.7 Å². The van der Waals surface area contributed by atoms with Crippen LogP contribution in [0.25, 0.3) is 11.1 Å². The Hall–Kier alpha value is -3.52. The third-order valence-corrected chi connectivity index (χ3v) is 4.90. The summed E-state index contributed by atoms with van der Waals surface area (Å²) in [5.74, 6) is 0.492. The topological polar surface area (TPSA) is 87.7 Å². The summed E-state index contributed by atoms with van der Waals surface area (Å²) in [6.45, 7) is 4.16. The number of allylic oxidation sites excluding steroid dienone is 1. The number of nitrogens with one attached hydrogen (secondary N) is 1. The normalized spacial score (nSPS) is 16.0. The van der Waals surface area contributed by atoms with Gasteiger partial charge in [-0.15, -0.1) is 5.10 Å². The van der Waals surface area contributed by atoms with Crippen LogP contribution in [-0.2, 0) is 0 Å². The summed E-state index contributed by atoms with van der Waals surface area (Å²) in [4.78, 5) is 0. The summed E-state index contributed by atoms with van der Waals surface area (Å²) in [5.41, 5.74) is 11.5. The van der Waals surface area contributed by atoms with Gasteiger partial charge in [0.1, 0.15) is 11.6 Å². The van der Waals surface area contributed by atoms with Crippen LogP contribution in [0, 0.1) is 11.3 Å². The third-order valence-electron chi connectivity index (χ3n) is 4.90. The van der Waals surface area contributed by atoms with E-state index < -0.39 is 0 Å². The second kappa shape index (κ2) is 6.65. The van der Waals surface area contributed by atoms with E-state index in [9.17, 15) is 5.26 Å². The average Bonchev–Trinajstić information content (AvgIpc) is 3.11. The molecule has 0 radical (unpaired) electrons. The van der Waals surface area contributed by atoms with Crippen molar-refractivity contribution in [3.8, 4) is 23.1 Å². The Bertz CT molecular complexity index is 1040. The van der Waals surface area contributed by atoms with Gasteiger partial charge in [0.2, 0.25) is 11.8 Å². The van der Waals surface area contributed by atoms with Gasteiger partial charge in [0, 0.05) is 5.69 Å². The van der Waals surface area contributed by atoms with Crippen LogP contribution in [0.3, 0.4) is 0 Å². The van der Waals surface area contributed by atoms with Gasteiger partial charge in [-0.3, -0.25) is 5.10 Å². The van der Waals surface area contributed by atoms with E-state index in [-0.39, 0.29) is 17.7 Å². The van der Waals surface area contributed by atoms with Crippen molar-refractivity contribution in [1.82, 2.24) is 10.2 Å². The molecule has 2 heterocycles. The van der Waals surface area contributed by atoms with Crippen molar-refractivity contribution in [2.24, 2.45) is 5.73 Å². The molecule has 0 spiro atoms. The fourth-order valence-corrected chi connectivity index (χ4v) is 3.54. The maximum absolute atomic E-state index is 9.72. The number of nitrogens with zero attached hydrogens (tertiary/aromatic N) is 2. The molecule has 0 aliphatic carbocycles. The quantitative estimate of drug-likeness (QED) is 0.727. The Morgan fingerprint density at radius 2 is 1.74 bits per heavy atom. The number of aromatic nitrogens is 2. The van der Waals surface area contributed by atoms with Crippen LogP contribution in [-0.4, -0.2) is 10.2 Å². The van der Waals surface area contributed by atoms with Gasteiger partial charge in [-0.2, -0.15) is 5.26 Å². The third kappa shape index (κ3) is 2.85. The Morgan fingerprint density at radius 1 is 1.07 bits per heavy atom. The molecule has 5 heteroatoms. The van der Waals surface area contributed by atoms with Gasteiger partial charge in [0.05, 0.1) is 11.5 Å². The van der Waals surface area contributed by atoms with E-state index in [1.54, 1.807) is 0 Å². The molecule has 1 aliphatic heterocycles. The van der Waals surface area contributed by atoms with Crippen LogP contribution >= 0.6 is 0 Å². The smallest absolute Gasteiger partial charge is 0.244 e. The molecule has 1 aliphatic rings. The first-order valence-electron chi connectivity index (χ1n) is 8.91. The maximum atomic E-state index is 9.72. The number of nitriles is 1. The highest BCUT2D eigenvalue weighted by Gasteiger charge is 2.35. The number of rotatable bonds is 3. The Labute approximate surface area is 158 Å². The Morgan fingerprint density at radius 3 is 2.37 bits per heavy atom. The van der Waals surface area contributed by atoms with Gasteiger partial charge in [0.15, 0.2) is 0 Å². The fourth-order valence-electron chi connectivity index (χ4n) is 3.54. The molecule has 0 unspecified atom stereocenters. The molecular formula is C22H20N4O. The van der Waals surface area contributed by atoms with E-state index in [1.807, 2.05) is 30.3 Å².